The van der Waals surface area contributed by atoms with Gasteiger partial charge in [0.25, 0.3) is 0 Å². The van der Waals surface area contributed by atoms with Crippen LogP contribution in [-0.4, -0.2) is 19.9 Å². The fraction of sp³-hybridized carbons (Fsp3) is 0.900. The Morgan fingerprint density at radius 1 is 1.43 bits per heavy atom. The standard InChI is InChI=1S/C10H17NO2S/c1-9(2)7-14(12,13)8-10(3-4-10)5-6-11/h9H,3-5,7-8H2,1-2H3. The van der Waals surface area contributed by atoms with E-state index in [1.807, 2.05) is 13.8 Å². The number of hydrogen-bond donors (Lipinski definition) is 0. The highest BCUT2D eigenvalue weighted by atomic mass is 32.2. The SMILES string of the molecule is CC(C)CS(=O)(=O)CC1(CC#N)CC1. The second-order valence-corrected chi connectivity index (χ2v) is 6.89. The van der Waals surface area contributed by atoms with Crippen LogP contribution >= 0.6 is 0 Å². The van der Waals surface area contributed by atoms with Gasteiger partial charge in [-0.3, -0.25) is 0 Å². The Balaban J connectivity index is 2.56. The van der Waals surface area contributed by atoms with Gasteiger partial charge in [0.05, 0.1) is 17.6 Å². The summed E-state index contributed by atoms with van der Waals surface area (Å²) in [6.45, 7) is 3.81. The van der Waals surface area contributed by atoms with E-state index in [2.05, 4.69) is 6.07 Å². The zero-order chi connectivity index (χ0) is 10.8. The van der Waals surface area contributed by atoms with Crippen molar-refractivity contribution in [2.75, 3.05) is 11.5 Å². The summed E-state index contributed by atoms with van der Waals surface area (Å²) in [5.74, 6) is 0.643. The van der Waals surface area contributed by atoms with Crippen LogP contribution in [0.25, 0.3) is 0 Å². The predicted octanol–water partition coefficient (Wildman–Crippen LogP) is 1.75. The van der Waals surface area contributed by atoms with Gasteiger partial charge in [0.2, 0.25) is 0 Å². The van der Waals surface area contributed by atoms with Gasteiger partial charge in [0.1, 0.15) is 0 Å². The minimum absolute atomic E-state index is 0.178. The molecule has 0 aromatic carbocycles. The molecule has 0 heterocycles. The van der Waals surface area contributed by atoms with Crippen LogP contribution in [0.5, 0.6) is 0 Å². The first kappa shape index (κ1) is 11.5. The Morgan fingerprint density at radius 2 is 2.00 bits per heavy atom. The Kier molecular flexibility index (Phi) is 3.20. The molecule has 0 aromatic heterocycles. The van der Waals surface area contributed by atoms with Gasteiger partial charge in [0.15, 0.2) is 9.84 Å². The highest BCUT2D eigenvalue weighted by molar-refractivity contribution is 7.91. The van der Waals surface area contributed by atoms with Crippen molar-refractivity contribution in [1.82, 2.24) is 0 Å². The molecule has 0 spiro atoms. The first-order valence-corrected chi connectivity index (χ1v) is 6.79. The fourth-order valence-corrected chi connectivity index (χ4v) is 4.21. The molecule has 0 atom stereocenters. The molecule has 1 fully saturated rings. The maximum atomic E-state index is 11.7. The Hall–Kier alpha value is -0.560. The van der Waals surface area contributed by atoms with Crippen LogP contribution in [0, 0.1) is 22.7 Å². The molecule has 80 valence electrons. The van der Waals surface area contributed by atoms with Gasteiger partial charge in [-0.1, -0.05) is 13.8 Å². The molecular weight excluding hydrogens is 198 g/mol. The van der Waals surface area contributed by atoms with Crippen molar-refractivity contribution in [2.24, 2.45) is 11.3 Å². The minimum atomic E-state index is -2.95. The van der Waals surface area contributed by atoms with Crippen LogP contribution < -0.4 is 0 Å². The molecule has 1 saturated carbocycles. The molecule has 0 bridgehead atoms. The van der Waals surface area contributed by atoms with Crippen molar-refractivity contribution < 1.29 is 8.42 Å². The summed E-state index contributed by atoms with van der Waals surface area (Å²) in [5, 5.41) is 8.58. The molecule has 3 nitrogen and oxygen atoms in total. The van der Waals surface area contributed by atoms with E-state index in [0.29, 0.717) is 6.42 Å². The van der Waals surface area contributed by atoms with Crippen LogP contribution in [0.15, 0.2) is 0 Å². The van der Waals surface area contributed by atoms with Crippen molar-refractivity contribution in [3.63, 3.8) is 0 Å². The van der Waals surface area contributed by atoms with Crippen LogP contribution in [-0.2, 0) is 9.84 Å². The highest BCUT2D eigenvalue weighted by Gasteiger charge is 2.45. The molecule has 1 aliphatic rings. The molecule has 0 aliphatic heterocycles. The van der Waals surface area contributed by atoms with E-state index in [0.717, 1.165) is 12.8 Å². The first-order valence-electron chi connectivity index (χ1n) is 4.97. The fourth-order valence-electron chi connectivity index (χ4n) is 1.75. The maximum Gasteiger partial charge on any atom is 0.151 e. The smallest absolute Gasteiger partial charge is 0.151 e. The monoisotopic (exact) mass is 215 g/mol. The van der Waals surface area contributed by atoms with Gasteiger partial charge in [-0.05, 0) is 24.2 Å². The van der Waals surface area contributed by atoms with E-state index in [9.17, 15) is 8.42 Å². The quantitative estimate of drug-likeness (QED) is 0.702. The second kappa shape index (κ2) is 3.90. The lowest BCUT2D eigenvalue weighted by atomic mass is 10.1. The topological polar surface area (TPSA) is 57.9 Å². The van der Waals surface area contributed by atoms with Crippen molar-refractivity contribution in [3.8, 4) is 6.07 Å². The highest BCUT2D eigenvalue weighted by Crippen LogP contribution is 2.49. The molecule has 0 radical (unpaired) electrons. The number of sulfone groups is 1. The van der Waals surface area contributed by atoms with Gasteiger partial charge in [-0.15, -0.1) is 0 Å². The normalized spacial score (nSPS) is 19.3. The summed E-state index contributed by atoms with van der Waals surface area (Å²) in [6, 6.07) is 2.08. The second-order valence-electron chi connectivity index (χ2n) is 4.78. The molecule has 1 rings (SSSR count). The van der Waals surface area contributed by atoms with Gasteiger partial charge in [0, 0.05) is 6.42 Å². The Bertz CT molecular complexity index is 334. The predicted molar refractivity (Wildman–Crippen MR) is 55.4 cm³/mol. The summed E-state index contributed by atoms with van der Waals surface area (Å²) in [4.78, 5) is 0. The number of nitriles is 1. The minimum Gasteiger partial charge on any atom is -0.229 e. The van der Waals surface area contributed by atoms with Crippen LogP contribution in [0.2, 0.25) is 0 Å². The lowest BCUT2D eigenvalue weighted by molar-refractivity contribution is 0.540. The summed E-state index contributed by atoms with van der Waals surface area (Å²) in [5.41, 5.74) is -0.178. The average Bonchev–Trinajstić information content (AvgIpc) is 2.64. The van der Waals surface area contributed by atoms with Crippen molar-refractivity contribution in [3.05, 3.63) is 0 Å². The van der Waals surface area contributed by atoms with Crippen LogP contribution in [0.4, 0.5) is 0 Å². The first-order chi connectivity index (χ1) is 6.39. The Labute approximate surface area is 86.0 Å². The molecule has 14 heavy (non-hydrogen) atoms. The third-order valence-electron chi connectivity index (χ3n) is 2.52. The van der Waals surface area contributed by atoms with E-state index in [1.54, 1.807) is 0 Å². The Morgan fingerprint density at radius 3 is 2.36 bits per heavy atom. The van der Waals surface area contributed by atoms with Gasteiger partial charge in [-0.25, -0.2) is 8.42 Å². The van der Waals surface area contributed by atoms with Crippen molar-refractivity contribution >= 4 is 9.84 Å². The zero-order valence-electron chi connectivity index (χ0n) is 8.78. The molecular formula is C10H17NO2S. The van der Waals surface area contributed by atoms with Gasteiger partial charge in [-0.2, -0.15) is 5.26 Å². The molecule has 0 saturated heterocycles. The maximum absolute atomic E-state index is 11.7. The average molecular weight is 215 g/mol. The van der Waals surface area contributed by atoms with E-state index in [-0.39, 0.29) is 22.8 Å². The van der Waals surface area contributed by atoms with E-state index >= 15 is 0 Å². The molecule has 4 heteroatoms. The van der Waals surface area contributed by atoms with Crippen LogP contribution in [0.3, 0.4) is 0 Å². The largest absolute Gasteiger partial charge is 0.229 e. The molecule has 0 amide bonds. The summed E-state index contributed by atoms with van der Waals surface area (Å²) >= 11 is 0. The number of rotatable bonds is 5. The van der Waals surface area contributed by atoms with Crippen LogP contribution in [0.1, 0.15) is 33.1 Å². The van der Waals surface area contributed by atoms with Crippen molar-refractivity contribution in [1.29, 1.82) is 5.26 Å². The lowest BCUT2D eigenvalue weighted by Gasteiger charge is -2.12. The van der Waals surface area contributed by atoms with E-state index in [4.69, 9.17) is 5.26 Å². The van der Waals surface area contributed by atoms with Gasteiger partial charge < -0.3 is 0 Å². The lowest BCUT2D eigenvalue weighted by Crippen LogP contribution is -2.22. The third kappa shape index (κ3) is 3.30. The van der Waals surface area contributed by atoms with Crippen molar-refractivity contribution in [2.45, 2.75) is 33.1 Å². The molecule has 0 aromatic rings. The van der Waals surface area contributed by atoms with Gasteiger partial charge >= 0.3 is 0 Å². The molecule has 0 unspecified atom stereocenters. The summed E-state index contributed by atoms with van der Waals surface area (Å²) in [6.07, 6.45) is 2.19. The summed E-state index contributed by atoms with van der Waals surface area (Å²) in [7, 11) is -2.95. The third-order valence-corrected chi connectivity index (χ3v) is 4.75. The molecule has 0 N–H and O–H groups in total. The number of hydrogen-bond acceptors (Lipinski definition) is 3. The zero-order valence-corrected chi connectivity index (χ0v) is 9.60. The van der Waals surface area contributed by atoms with E-state index in [1.165, 1.54) is 0 Å². The number of nitrogens with zero attached hydrogens (tertiary/aromatic N) is 1. The molecule has 1 aliphatic carbocycles. The summed E-state index contributed by atoms with van der Waals surface area (Å²) < 4.78 is 23.3. The van der Waals surface area contributed by atoms with E-state index < -0.39 is 9.84 Å².